The Morgan fingerprint density at radius 2 is 2.09 bits per heavy atom. The van der Waals surface area contributed by atoms with E-state index in [0.717, 1.165) is 12.3 Å². The number of unbranched alkanes of at least 4 members (excludes halogenated alkanes) is 1. The summed E-state index contributed by atoms with van der Waals surface area (Å²) < 4.78 is 0. The molecule has 1 heteroatoms. The molecule has 1 atom stereocenters. The largest absolute Gasteiger partial charge is 0.396 e. The lowest BCUT2D eigenvalue weighted by Gasteiger charge is -2.12. The molecule has 0 aliphatic rings. The Morgan fingerprint density at radius 3 is 2.55 bits per heavy atom. The number of hydrogen-bond donors (Lipinski definition) is 1. The van der Waals surface area contributed by atoms with Gasteiger partial charge in [0.05, 0.1) is 0 Å². The van der Waals surface area contributed by atoms with Crippen molar-refractivity contribution >= 4 is 0 Å². The van der Waals surface area contributed by atoms with Gasteiger partial charge in [0, 0.05) is 6.61 Å². The summed E-state index contributed by atoms with van der Waals surface area (Å²) in [4.78, 5) is 0. The third kappa shape index (κ3) is 6.36. The molecule has 0 aliphatic carbocycles. The highest BCUT2D eigenvalue weighted by atomic mass is 16.2. The Hall–Kier alpha value is -0.0400. The minimum absolute atomic E-state index is 0.308. The van der Waals surface area contributed by atoms with Gasteiger partial charge in [-0.3, -0.25) is 0 Å². The lowest BCUT2D eigenvalue weighted by Crippen LogP contribution is -2.00. The normalized spacial score (nSPS) is 13.4. The van der Waals surface area contributed by atoms with Gasteiger partial charge in [-0.2, -0.15) is 0 Å². The molecule has 1 unspecified atom stereocenters. The zero-order valence-corrected chi connectivity index (χ0v) is 7.84. The van der Waals surface area contributed by atoms with Crippen LogP contribution in [0.15, 0.2) is 0 Å². The van der Waals surface area contributed by atoms with Crippen molar-refractivity contribution in [3.05, 3.63) is 6.42 Å². The van der Waals surface area contributed by atoms with E-state index in [1.54, 1.807) is 0 Å². The summed E-state index contributed by atoms with van der Waals surface area (Å²) in [5.41, 5.74) is 0. The van der Waals surface area contributed by atoms with E-state index in [1.807, 2.05) is 0 Å². The first-order valence-electron chi connectivity index (χ1n) is 4.79. The Labute approximate surface area is 70.8 Å². The first-order chi connectivity index (χ1) is 5.35. The molecule has 1 radical (unpaired) electrons. The average molecular weight is 157 g/mol. The van der Waals surface area contributed by atoms with Crippen molar-refractivity contribution in [3.63, 3.8) is 0 Å². The minimum atomic E-state index is 0.308. The van der Waals surface area contributed by atoms with E-state index in [4.69, 9.17) is 5.11 Å². The van der Waals surface area contributed by atoms with Crippen LogP contribution in [-0.4, -0.2) is 11.7 Å². The molecule has 0 rings (SSSR count). The number of rotatable bonds is 7. The second-order valence-electron chi connectivity index (χ2n) is 3.06. The third-order valence-corrected chi connectivity index (χ3v) is 2.08. The molecular formula is C10H21O. The summed E-state index contributed by atoms with van der Waals surface area (Å²) in [6.07, 6.45) is 8.24. The molecule has 0 spiro atoms. The SMILES string of the molecule is CCCCC([CH]CCO)CC. The topological polar surface area (TPSA) is 20.2 Å². The molecule has 1 N–H and O–H groups in total. The van der Waals surface area contributed by atoms with Crippen molar-refractivity contribution in [2.45, 2.75) is 46.0 Å². The van der Waals surface area contributed by atoms with Crippen molar-refractivity contribution in [2.24, 2.45) is 5.92 Å². The fourth-order valence-electron chi connectivity index (χ4n) is 1.27. The molecule has 0 amide bonds. The fraction of sp³-hybridized carbons (Fsp3) is 0.900. The van der Waals surface area contributed by atoms with E-state index >= 15 is 0 Å². The van der Waals surface area contributed by atoms with E-state index in [0.29, 0.717) is 6.61 Å². The van der Waals surface area contributed by atoms with E-state index in [-0.39, 0.29) is 0 Å². The number of aliphatic hydroxyl groups is 1. The Kier molecular flexibility index (Phi) is 8.03. The maximum Gasteiger partial charge on any atom is 0.0433 e. The smallest absolute Gasteiger partial charge is 0.0433 e. The van der Waals surface area contributed by atoms with Crippen molar-refractivity contribution in [1.82, 2.24) is 0 Å². The standard InChI is InChI=1S/C10H21O/c1-3-5-7-10(4-2)8-6-9-11/h8,10-11H,3-7,9H2,1-2H3. The minimum Gasteiger partial charge on any atom is -0.396 e. The quantitative estimate of drug-likeness (QED) is 0.602. The fourth-order valence-corrected chi connectivity index (χ4v) is 1.27. The molecule has 0 saturated heterocycles. The van der Waals surface area contributed by atoms with Crippen molar-refractivity contribution in [3.8, 4) is 0 Å². The molecule has 0 aliphatic heterocycles. The summed E-state index contributed by atoms with van der Waals surface area (Å²) in [6.45, 7) is 4.75. The van der Waals surface area contributed by atoms with Gasteiger partial charge in [-0.1, -0.05) is 39.5 Å². The van der Waals surface area contributed by atoms with Crippen LogP contribution in [0, 0.1) is 12.3 Å². The van der Waals surface area contributed by atoms with Gasteiger partial charge in [0.25, 0.3) is 0 Å². The molecule has 0 heterocycles. The monoisotopic (exact) mass is 157 g/mol. The molecule has 0 fully saturated rings. The van der Waals surface area contributed by atoms with Crippen LogP contribution >= 0.6 is 0 Å². The predicted molar refractivity (Wildman–Crippen MR) is 49.3 cm³/mol. The zero-order valence-electron chi connectivity index (χ0n) is 7.84. The number of aliphatic hydroxyl groups excluding tert-OH is 1. The summed E-state index contributed by atoms with van der Waals surface area (Å²) in [5, 5.41) is 8.60. The summed E-state index contributed by atoms with van der Waals surface area (Å²) in [6, 6.07) is 0. The van der Waals surface area contributed by atoms with Gasteiger partial charge < -0.3 is 5.11 Å². The van der Waals surface area contributed by atoms with E-state index < -0.39 is 0 Å². The first kappa shape index (κ1) is 11.0. The lowest BCUT2D eigenvalue weighted by molar-refractivity contribution is 0.290. The molecule has 67 valence electrons. The van der Waals surface area contributed by atoms with Crippen molar-refractivity contribution in [1.29, 1.82) is 0 Å². The van der Waals surface area contributed by atoms with Gasteiger partial charge in [0.15, 0.2) is 0 Å². The maximum absolute atomic E-state index is 8.60. The summed E-state index contributed by atoms with van der Waals surface area (Å²) >= 11 is 0. The van der Waals surface area contributed by atoms with Crippen LogP contribution in [0.25, 0.3) is 0 Å². The second-order valence-corrected chi connectivity index (χ2v) is 3.06. The summed E-state index contributed by atoms with van der Waals surface area (Å²) in [7, 11) is 0. The van der Waals surface area contributed by atoms with Crippen LogP contribution in [0.3, 0.4) is 0 Å². The maximum atomic E-state index is 8.60. The van der Waals surface area contributed by atoms with Crippen LogP contribution in [-0.2, 0) is 0 Å². The predicted octanol–water partition coefficient (Wildman–Crippen LogP) is 2.79. The highest BCUT2D eigenvalue weighted by Crippen LogP contribution is 2.16. The third-order valence-electron chi connectivity index (χ3n) is 2.08. The van der Waals surface area contributed by atoms with E-state index in [2.05, 4.69) is 20.3 Å². The van der Waals surface area contributed by atoms with Gasteiger partial charge >= 0.3 is 0 Å². The molecule has 11 heavy (non-hydrogen) atoms. The molecule has 0 aromatic carbocycles. The van der Waals surface area contributed by atoms with E-state index in [9.17, 15) is 0 Å². The Balaban J connectivity index is 3.25. The molecule has 1 nitrogen and oxygen atoms in total. The lowest BCUT2D eigenvalue weighted by atomic mass is 9.95. The van der Waals surface area contributed by atoms with Gasteiger partial charge in [0.2, 0.25) is 0 Å². The van der Waals surface area contributed by atoms with Gasteiger partial charge in [0.1, 0.15) is 0 Å². The van der Waals surface area contributed by atoms with Gasteiger partial charge in [-0.05, 0) is 18.8 Å². The van der Waals surface area contributed by atoms with Crippen LogP contribution < -0.4 is 0 Å². The summed E-state index contributed by atoms with van der Waals surface area (Å²) in [5.74, 6) is 0.738. The zero-order chi connectivity index (χ0) is 8.53. The second kappa shape index (κ2) is 8.06. The van der Waals surface area contributed by atoms with Gasteiger partial charge in [-0.25, -0.2) is 0 Å². The molecule has 0 saturated carbocycles. The van der Waals surface area contributed by atoms with Crippen molar-refractivity contribution in [2.75, 3.05) is 6.61 Å². The highest BCUT2D eigenvalue weighted by molar-refractivity contribution is 4.74. The molecule has 0 aromatic rings. The van der Waals surface area contributed by atoms with Crippen LogP contribution in [0.4, 0.5) is 0 Å². The van der Waals surface area contributed by atoms with Crippen LogP contribution in [0.2, 0.25) is 0 Å². The Morgan fingerprint density at radius 1 is 1.36 bits per heavy atom. The van der Waals surface area contributed by atoms with Crippen LogP contribution in [0.1, 0.15) is 46.0 Å². The van der Waals surface area contributed by atoms with Crippen molar-refractivity contribution < 1.29 is 5.11 Å². The first-order valence-corrected chi connectivity index (χ1v) is 4.79. The van der Waals surface area contributed by atoms with E-state index in [1.165, 1.54) is 25.7 Å². The highest BCUT2D eigenvalue weighted by Gasteiger charge is 2.04. The average Bonchev–Trinajstić information content (AvgIpc) is 2.05. The molecule has 0 bridgehead atoms. The van der Waals surface area contributed by atoms with Crippen LogP contribution in [0.5, 0.6) is 0 Å². The molecule has 0 aromatic heterocycles. The van der Waals surface area contributed by atoms with Gasteiger partial charge in [-0.15, -0.1) is 0 Å². The molecular weight excluding hydrogens is 136 g/mol. The Bertz CT molecular complexity index is 63.3. The number of hydrogen-bond acceptors (Lipinski definition) is 1.